The SMILES string of the molecule is Cc1ccccc1CCN/C=C(/C#N)C(=O)Nc1ccc([N+](=O)[O-])cc1. The number of carbonyl (C=O) groups is 1. The van der Waals surface area contributed by atoms with E-state index in [-0.39, 0.29) is 11.3 Å². The Labute approximate surface area is 151 Å². The molecule has 2 aromatic rings. The predicted octanol–water partition coefficient (Wildman–Crippen LogP) is 3.08. The van der Waals surface area contributed by atoms with Gasteiger partial charge in [0.2, 0.25) is 0 Å². The van der Waals surface area contributed by atoms with Crippen molar-refractivity contribution in [3.8, 4) is 6.07 Å². The van der Waals surface area contributed by atoms with E-state index in [1.807, 2.05) is 37.3 Å². The second-order valence-corrected chi connectivity index (χ2v) is 5.56. The van der Waals surface area contributed by atoms with Crippen molar-refractivity contribution in [1.82, 2.24) is 5.32 Å². The molecule has 7 nitrogen and oxygen atoms in total. The first-order valence-electron chi connectivity index (χ1n) is 7.95. The van der Waals surface area contributed by atoms with Crippen LogP contribution in [0.15, 0.2) is 60.3 Å². The van der Waals surface area contributed by atoms with Crippen molar-refractivity contribution in [1.29, 1.82) is 5.26 Å². The molecule has 0 fully saturated rings. The van der Waals surface area contributed by atoms with Crippen molar-refractivity contribution < 1.29 is 9.72 Å². The molecule has 0 aliphatic carbocycles. The second-order valence-electron chi connectivity index (χ2n) is 5.56. The molecule has 1 amide bonds. The lowest BCUT2D eigenvalue weighted by Crippen LogP contribution is -2.18. The van der Waals surface area contributed by atoms with Crippen molar-refractivity contribution in [2.24, 2.45) is 0 Å². The standard InChI is InChI=1S/C19H18N4O3/c1-14-4-2-3-5-15(14)10-11-21-13-16(12-20)19(24)22-17-6-8-18(9-7-17)23(25)26/h2-9,13,21H,10-11H2,1H3,(H,22,24)/b16-13-. The van der Waals surface area contributed by atoms with Gasteiger partial charge in [-0.15, -0.1) is 0 Å². The fourth-order valence-electron chi connectivity index (χ4n) is 2.29. The smallest absolute Gasteiger partial charge is 0.269 e. The summed E-state index contributed by atoms with van der Waals surface area (Å²) in [6, 6.07) is 15.2. The van der Waals surface area contributed by atoms with Crippen LogP contribution in [0.2, 0.25) is 0 Å². The van der Waals surface area contributed by atoms with Gasteiger partial charge in [-0.3, -0.25) is 14.9 Å². The quantitative estimate of drug-likeness (QED) is 0.262. The number of nitrogens with zero attached hydrogens (tertiary/aromatic N) is 2. The lowest BCUT2D eigenvalue weighted by molar-refractivity contribution is -0.384. The monoisotopic (exact) mass is 350 g/mol. The molecule has 2 N–H and O–H groups in total. The Hall–Kier alpha value is -3.66. The van der Waals surface area contributed by atoms with E-state index in [1.54, 1.807) is 0 Å². The summed E-state index contributed by atoms with van der Waals surface area (Å²) in [5.74, 6) is -0.579. The Morgan fingerprint density at radius 1 is 1.23 bits per heavy atom. The fourth-order valence-corrected chi connectivity index (χ4v) is 2.29. The van der Waals surface area contributed by atoms with Gasteiger partial charge in [0.15, 0.2) is 0 Å². The van der Waals surface area contributed by atoms with E-state index >= 15 is 0 Å². The van der Waals surface area contributed by atoms with Gasteiger partial charge in [0, 0.05) is 30.6 Å². The maximum Gasteiger partial charge on any atom is 0.269 e. The van der Waals surface area contributed by atoms with Gasteiger partial charge in [-0.2, -0.15) is 5.26 Å². The summed E-state index contributed by atoms with van der Waals surface area (Å²) in [6.45, 7) is 2.62. The van der Waals surface area contributed by atoms with Crippen LogP contribution in [-0.2, 0) is 11.2 Å². The van der Waals surface area contributed by atoms with Crippen molar-refractivity contribution in [2.75, 3.05) is 11.9 Å². The molecule has 0 atom stereocenters. The molecular weight excluding hydrogens is 332 g/mol. The molecule has 0 saturated heterocycles. The Morgan fingerprint density at radius 3 is 2.54 bits per heavy atom. The number of rotatable bonds is 7. The number of aryl methyl sites for hydroxylation is 1. The molecule has 0 radical (unpaired) electrons. The Balaban J connectivity index is 1.91. The number of hydrogen-bond acceptors (Lipinski definition) is 5. The van der Waals surface area contributed by atoms with E-state index < -0.39 is 10.8 Å². The van der Waals surface area contributed by atoms with Crippen LogP contribution in [0.25, 0.3) is 0 Å². The summed E-state index contributed by atoms with van der Waals surface area (Å²) in [6.07, 6.45) is 2.14. The molecule has 7 heteroatoms. The number of benzene rings is 2. The first kappa shape index (κ1) is 18.7. The third-order valence-electron chi connectivity index (χ3n) is 3.75. The number of nitriles is 1. The molecule has 132 valence electrons. The van der Waals surface area contributed by atoms with E-state index in [0.717, 1.165) is 6.42 Å². The van der Waals surface area contributed by atoms with Gasteiger partial charge in [-0.1, -0.05) is 24.3 Å². The normalized spacial score (nSPS) is 10.7. The molecule has 0 aliphatic rings. The lowest BCUT2D eigenvalue weighted by Gasteiger charge is -2.07. The van der Waals surface area contributed by atoms with Crippen LogP contribution >= 0.6 is 0 Å². The van der Waals surface area contributed by atoms with Gasteiger partial charge in [0.25, 0.3) is 11.6 Å². The number of non-ortho nitro benzene ring substituents is 1. The molecule has 26 heavy (non-hydrogen) atoms. The number of anilines is 1. The lowest BCUT2D eigenvalue weighted by atomic mass is 10.1. The van der Waals surface area contributed by atoms with Crippen molar-refractivity contribution in [3.05, 3.63) is 81.5 Å². The van der Waals surface area contributed by atoms with Crippen molar-refractivity contribution in [3.63, 3.8) is 0 Å². The highest BCUT2D eigenvalue weighted by Gasteiger charge is 2.10. The minimum Gasteiger partial charge on any atom is -0.389 e. The number of nitro groups is 1. The van der Waals surface area contributed by atoms with E-state index in [1.165, 1.54) is 41.6 Å². The van der Waals surface area contributed by atoms with Crippen LogP contribution in [0.3, 0.4) is 0 Å². The average Bonchev–Trinajstić information content (AvgIpc) is 2.63. The molecule has 0 spiro atoms. The van der Waals surface area contributed by atoms with E-state index in [4.69, 9.17) is 5.26 Å². The number of hydrogen-bond donors (Lipinski definition) is 2. The van der Waals surface area contributed by atoms with Gasteiger partial charge in [-0.05, 0) is 36.6 Å². The molecule has 0 unspecified atom stereocenters. The highest BCUT2D eigenvalue weighted by atomic mass is 16.6. The predicted molar refractivity (Wildman–Crippen MR) is 98.3 cm³/mol. The van der Waals surface area contributed by atoms with Gasteiger partial charge in [0.05, 0.1) is 4.92 Å². The molecule has 0 aliphatic heterocycles. The van der Waals surface area contributed by atoms with Gasteiger partial charge >= 0.3 is 0 Å². The third-order valence-corrected chi connectivity index (χ3v) is 3.75. The summed E-state index contributed by atoms with van der Waals surface area (Å²) >= 11 is 0. The number of nitrogens with one attached hydrogen (secondary N) is 2. The molecule has 0 bridgehead atoms. The zero-order valence-electron chi connectivity index (χ0n) is 14.2. The fraction of sp³-hybridized carbons (Fsp3) is 0.158. The molecule has 0 saturated carbocycles. The summed E-state index contributed by atoms with van der Waals surface area (Å²) in [7, 11) is 0. The number of carbonyl (C=O) groups excluding carboxylic acids is 1. The maximum atomic E-state index is 12.1. The van der Waals surface area contributed by atoms with Crippen molar-refractivity contribution >= 4 is 17.3 Å². The van der Waals surface area contributed by atoms with Crippen LogP contribution in [-0.4, -0.2) is 17.4 Å². The molecule has 0 heterocycles. The molecule has 2 rings (SSSR count). The van der Waals surface area contributed by atoms with Gasteiger partial charge in [0.1, 0.15) is 11.6 Å². The largest absolute Gasteiger partial charge is 0.389 e. The van der Waals surface area contributed by atoms with Gasteiger partial charge in [-0.25, -0.2) is 0 Å². The topological polar surface area (TPSA) is 108 Å². The maximum absolute atomic E-state index is 12.1. The molecular formula is C19H18N4O3. The highest BCUT2D eigenvalue weighted by Crippen LogP contribution is 2.16. The summed E-state index contributed by atoms with van der Waals surface area (Å²) in [4.78, 5) is 22.2. The zero-order valence-corrected chi connectivity index (χ0v) is 14.2. The van der Waals surface area contributed by atoms with E-state index in [0.29, 0.717) is 12.2 Å². The Kier molecular flexibility index (Phi) is 6.46. The van der Waals surface area contributed by atoms with E-state index in [2.05, 4.69) is 10.6 Å². The van der Waals surface area contributed by atoms with Crippen LogP contribution in [0.1, 0.15) is 11.1 Å². The zero-order chi connectivity index (χ0) is 18.9. The Bertz CT molecular complexity index is 867. The minimum atomic E-state index is -0.579. The van der Waals surface area contributed by atoms with Crippen LogP contribution < -0.4 is 10.6 Å². The Morgan fingerprint density at radius 2 is 1.92 bits per heavy atom. The second kappa shape index (κ2) is 8.99. The number of amides is 1. The van der Waals surface area contributed by atoms with Crippen LogP contribution in [0.4, 0.5) is 11.4 Å². The number of nitro benzene ring substituents is 1. The van der Waals surface area contributed by atoms with Crippen molar-refractivity contribution in [2.45, 2.75) is 13.3 Å². The third kappa shape index (κ3) is 5.18. The van der Waals surface area contributed by atoms with Gasteiger partial charge < -0.3 is 10.6 Å². The molecule has 2 aromatic carbocycles. The summed E-state index contributed by atoms with van der Waals surface area (Å²) in [5, 5.41) is 25.3. The van der Waals surface area contributed by atoms with Crippen LogP contribution in [0.5, 0.6) is 0 Å². The summed E-state index contributed by atoms with van der Waals surface area (Å²) in [5.41, 5.74) is 2.61. The highest BCUT2D eigenvalue weighted by molar-refractivity contribution is 6.06. The van der Waals surface area contributed by atoms with E-state index in [9.17, 15) is 14.9 Å². The molecule has 0 aromatic heterocycles. The first-order chi connectivity index (χ1) is 12.5. The first-order valence-corrected chi connectivity index (χ1v) is 7.95. The minimum absolute atomic E-state index is 0.0723. The van der Waals surface area contributed by atoms with Crippen LogP contribution in [0, 0.1) is 28.4 Å². The average molecular weight is 350 g/mol. The summed E-state index contributed by atoms with van der Waals surface area (Å²) < 4.78 is 0.